The second kappa shape index (κ2) is 5.54. The predicted molar refractivity (Wildman–Crippen MR) is 49.2 cm³/mol. The molecule has 13 heavy (non-hydrogen) atoms. The third-order valence-corrected chi connectivity index (χ3v) is 1.73. The van der Waals surface area contributed by atoms with Crippen LogP contribution in [0.25, 0.3) is 0 Å². The minimum atomic E-state index is 0.265. The molecule has 0 saturated heterocycles. The van der Waals surface area contributed by atoms with E-state index in [-0.39, 0.29) is 5.75 Å². The smallest absolute Gasteiger partial charge is 0.252 e. The van der Waals surface area contributed by atoms with E-state index >= 15 is 0 Å². The summed E-state index contributed by atoms with van der Waals surface area (Å²) in [4.78, 5) is 0. The molecule has 1 heterocycles. The van der Waals surface area contributed by atoms with Crippen LogP contribution in [0.1, 0.15) is 19.8 Å². The van der Waals surface area contributed by atoms with Crippen molar-refractivity contribution >= 4 is 0 Å². The fraction of sp³-hybridized carbons (Fsp3) is 0.500. The molecule has 0 unspecified atom stereocenters. The number of nitrogens with zero attached hydrogens (tertiary/aromatic N) is 1. The molecule has 0 spiro atoms. The molecular weight excluding hydrogens is 166 g/mol. The lowest BCUT2D eigenvalue weighted by atomic mass is 10.4. The van der Waals surface area contributed by atoms with Gasteiger partial charge in [0.2, 0.25) is 6.20 Å². The number of aromatic nitrogens is 1. The lowest BCUT2D eigenvalue weighted by Crippen LogP contribution is -2.34. The van der Waals surface area contributed by atoms with Gasteiger partial charge in [-0.3, -0.25) is 0 Å². The topological polar surface area (TPSA) is 33.3 Å². The van der Waals surface area contributed by atoms with Crippen LogP contribution in [-0.4, -0.2) is 11.7 Å². The van der Waals surface area contributed by atoms with Gasteiger partial charge in [-0.1, -0.05) is 13.3 Å². The van der Waals surface area contributed by atoms with Crippen molar-refractivity contribution in [3.05, 3.63) is 24.5 Å². The van der Waals surface area contributed by atoms with Gasteiger partial charge in [-0.15, -0.1) is 0 Å². The van der Waals surface area contributed by atoms with Crippen LogP contribution in [-0.2, 0) is 11.5 Å². The van der Waals surface area contributed by atoms with Crippen LogP contribution < -0.4 is 4.57 Å². The lowest BCUT2D eigenvalue weighted by molar-refractivity contribution is -0.733. The summed E-state index contributed by atoms with van der Waals surface area (Å²) in [5, 5.41) is 9.14. The normalized spacial score (nSPS) is 10.2. The highest BCUT2D eigenvalue weighted by atomic mass is 16.5. The molecule has 0 amide bonds. The molecule has 0 aliphatic heterocycles. The Hall–Kier alpha value is -1.09. The molecule has 0 bridgehead atoms. The summed E-state index contributed by atoms with van der Waals surface area (Å²) in [6.07, 6.45) is 5.74. The van der Waals surface area contributed by atoms with E-state index in [1.807, 2.05) is 10.8 Å². The second-order valence-electron chi connectivity index (χ2n) is 2.97. The quantitative estimate of drug-likeness (QED) is 0.552. The first kappa shape index (κ1) is 9.99. The van der Waals surface area contributed by atoms with Crippen molar-refractivity contribution in [2.24, 2.45) is 0 Å². The molecule has 1 aromatic heterocycles. The Morgan fingerprint density at radius 2 is 2.38 bits per heavy atom. The molecule has 0 aliphatic carbocycles. The minimum Gasteiger partial charge on any atom is -0.503 e. The molecular formula is C10H16NO2+. The van der Waals surface area contributed by atoms with Gasteiger partial charge in [0.1, 0.15) is 0 Å². The molecule has 1 N–H and O–H groups in total. The molecule has 1 rings (SSSR count). The van der Waals surface area contributed by atoms with Gasteiger partial charge < -0.3 is 9.84 Å². The van der Waals surface area contributed by atoms with Crippen molar-refractivity contribution in [3.63, 3.8) is 0 Å². The zero-order valence-electron chi connectivity index (χ0n) is 7.94. The Kier molecular flexibility index (Phi) is 4.26. The van der Waals surface area contributed by atoms with Crippen LogP contribution in [0.4, 0.5) is 0 Å². The first-order valence-electron chi connectivity index (χ1n) is 4.58. The lowest BCUT2D eigenvalue weighted by Gasteiger charge is -1.98. The molecule has 3 heteroatoms. The molecule has 0 aliphatic rings. The number of hydrogen-bond acceptors (Lipinski definition) is 2. The molecule has 0 fully saturated rings. The van der Waals surface area contributed by atoms with Gasteiger partial charge in [0.05, 0.1) is 6.61 Å². The highest BCUT2D eigenvalue weighted by Gasteiger charge is 1.99. The SMILES string of the molecule is CCCCOC[n+]1cccc(O)c1. The molecule has 72 valence electrons. The maximum atomic E-state index is 9.14. The molecule has 0 radical (unpaired) electrons. The van der Waals surface area contributed by atoms with Crippen molar-refractivity contribution in [2.45, 2.75) is 26.5 Å². The van der Waals surface area contributed by atoms with Gasteiger partial charge in [-0.25, -0.2) is 0 Å². The van der Waals surface area contributed by atoms with E-state index in [1.165, 1.54) is 0 Å². The highest BCUT2D eigenvalue weighted by molar-refractivity contribution is 5.09. The number of ether oxygens (including phenoxy) is 1. The molecule has 0 saturated carbocycles. The minimum absolute atomic E-state index is 0.265. The Morgan fingerprint density at radius 1 is 1.54 bits per heavy atom. The number of hydrogen-bond donors (Lipinski definition) is 1. The fourth-order valence-electron chi connectivity index (χ4n) is 1.00. The van der Waals surface area contributed by atoms with Gasteiger partial charge in [0.25, 0.3) is 6.73 Å². The zero-order valence-corrected chi connectivity index (χ0v) is 7.94. The van der Waals surface area contributed by atoms with Crippen molar-refractivity contribution in [2.75, 3.05) is 6.61 Å². The van der Waals surface area contributed by atoms with E-state index in [1.54, 1.807) is 18.3 Å². The number of aromatic hydroxyl groups is 1. The monoisotopic (exact) mass is 182 g/mol. The van der Waals surface area contributed by atoms with Crippen LogP contribution in [0.2, 0.25) is 0 Å². The number of unbranched alkanes of at least 4 members (excludes halogenated alkanes) is 1. The highest BCUT2D eigenvalue weighted by Crippen LogP contribution is 2.00. The van der Waals surface area contributed by atoms with Crippen molar-refractivity contribution < 1.29 is 14.4 Å². The van der Waals surface area contributed by atoms with Crippen LogP contribution in [0, 0.1) is 0 Å². The van der Waals surface area contributed by atoms with E-state index in [2.05, 4.69) is 6.92 Å². The van der Waals surface area contributed by atoms with E-state index in [0.29, 0.717) is 6.73 Å². The summed E-state index contributed by atoms with van der Waals surface area (Å²) in [7, 11) is 0. The van der Waals surface area contributed by atoms with Gasteiger partial charge in [0, 0.05) is 6.07 Å². The van der Waals surface area contributed by atoms with Crippen LogP contribution in [0.5, 0.6) is 5.75 Å². The summed E-state index contributed by atoms with van der Waals surface area (Å²) in [5.41, 5.74) is 0. The summed E-state index contributed by atoms with van der Waals surface area (Å²) < 4.78 is 7.18. The molecule has 3 nitrogen and oxygen atoms in total. The molecule has 0 atom stereocenters. The van der Waals surface area contributed by atoms with Gasteiger partial charge in [0.15, 0.2) is 11.9 Å². The molecule has 1 aromatic rings. The third-order valence-electron chi connectivity index (χ3n) is 1.73. The fourth-order valence-corrected chi connectivity index (χ4v) is 1.00. The zero-order chi connectivity index (χ0) is 9.52. The number of pyridine rings is 1. The standard InChI is InChI=1S/C10H15NO2/c1-2-3-7-13-9-11-6-4-5-10(12)8-11/h4-6,8H,2-3,7,9H2,1H3/p+1. The molecule has 0 aromatic carbocycles. The predicted octanol–water partition coefficient (Wildman–Crippen LogP) is 1.45. The first-order valence-corrected chi connectivity index (χ1v) is 4.58. The first-order chi connectivity index (χ1) is 6.33. The second-order valence-corrected chi connectivity index (χ2v) is 2.97. The average Bonchev–Trinajstić information content (AvgIpc) is 2.13. The summed E-state index contributed by atoms with van der Waals surface area (Å²) in [6, 6.07) is 3.43. The maximum Gasteiger partial charge on any atom is 0.252 e. The summed E-state index contributed by atoms with van der Waals surface area (Å²) in [5.74, 6) is 0.265. The van der Waals surface area contributed by atoms with Gasteiger partial charge in [-0.2, -0.15) is 4.57 Å². The van der Waals surface area contributed by atoms with E-state index in [0.717, 1.165) is 19.4 Å². The third kappa shape index (κ3) is 3.90. The van der Waals surface area contributed by atoms with E-state index in [4.69, 9.17) is 9.84 Å². The van der Waals surface area contributed by atoms with Crippen molar-refractivity contribution in [1.29, 1.82) is 0 Å². The van der Waals surface area contributed by atoms with Crippen molar-refractivity contribution in [3.8, 4) is 5.75 Å². The van der Waals surface area contributed by atoms with Crippen LogP contribution in [0.3, 0.4) is 0 Å². The van der Waals surface area contributed by atoms with Crippen LogP contribution in [0.15, 0.2) is 24.5 Å². The average molecular weight is 182 g/mol. The maximum absolute atomic E-state index is 9.14. The Balaban J connectivity index is 2.28. The van der Waals surface area contributed by atoms with E-state index in [9.17, 15) is 0 Å². The number of rotatable bonds is 5. The summed E-state index contributed by atoms with van der Waals surface area (Å²) in [6.45, 7) is 3.42. The van der Waals surface area contributed by atoms with Gasteiger partial charge >= 0.3 is 0 Å². The van der Waals surface area contributed by atoms with Crippen molar-refractivity contribution in [1.82, 2.24) is 0 Å². The Labute approximate surface area is 78.6 Å². The summed E-state index contributed by atoms with van der Waals surface area (Å²) >= 11 is 0. The van der Waals surface area contributed by atoms with E-state index < -0.39 is 0 Å². The Morgan fingerprint density at radius 3 is 3.08 bits per heavy atom. The van der Waals surface area contributed by atoms with Gasteiger partial charge in [-0.05, 0) is 12.5 Å². The largest absolute Gasteiger partial charge is 0.503 e. The van der Waals surface area contributed by atoms with Crippen LogP contribution >= 0.6 is 0 Å². The Bertz CT molecular complexity index is 250.